The Labute approximate surface area is 323 Å². The van der Waals surface area contributed by atoms with Crippen LogP contribution in [0, 0.1) is 11.8 Å². The van der Waals surface area contributed by atoms with Gasteiger partial charge in [0.15, 0.2) is 6.10 Å². The van der Waals surface area contributed by atoms with Gasteiger partial charge in [-0.25, -0.2) is 0 Å². The van der Waals surface area contributed by atoms with Crippen LogP contribution >= 0.6 is 0 Å². The van der Waals surface area contributed by atoms with Crippen LogP contribution in [0.2, 0.25) is 0 Å². The first kappa shape index (κ1) is 50.4. The van der Waals surface area contributed by atoms with Gasteiger partial charge in [-0.05, 0) is 31.1 Å². The van der Waals surface area contributed by atoms with E-state index in [1.165, 1.54) is 135 Å². The highest BCUT2D eigenvalue weighted by atomic mass is 16.6. The second-order valence-electron chi connectivity index (χ2n) is 16.4. The Bertz CT molecular complexity index is 796. The van der Waals surface area contributed by atoms with E-state index in [0.717, 1.165) is 69.6 Å². The molecular weight excluding hydrogens is 648 g/mol. The average molecular weight is 737 g/mol. The Kier molecular flexibility index (Phi) is 37.9. The fourth-order valence-electron chi connectivity index (χ4n) is 6.72. The smallest absolute Gasteiger partial charge is 0.306 e. The van der Waals surface area contributed by atoms with Crippen LogP contribution in [0.5, 0.6) is 0 Å². The van der Waals surface area contributed by atoms with Crippen LogP contribution in [-0.4, -0.2) is 37.2 Å². The summed E-state index contributed by atoms with van der Waals surface area (Å²) in [6.07, 6.45) is 36.6. The summed E-state index contributed by atoms with van der Waals surface area (Å²) in [5.74, 6) is 0.768. The first-order valence-electron chi connectivity index (χ1n) is 22.8. The zero-order valence-corrected chi connectivity index (χ0v) is 35.4. The topological polar surface area (TPSA) is 78.9 Å². The van der Waals surface area contributed by atoms with E-state index >= 15 is 0 Å². The van der Waals surface area contributed by atoms with Gasteiger partial charge in [0.25, 0.3) is 0 Å². The molecule has 0 aliphatic carbocycles. The SMILES string of the molecule is CCCCCCCCCCCCCCC(=O)O[C@H](COC(=O)CCCCCCCCCCC(C)CC)COC(=O)CCCCCCCCCC(C)C. The van der Waals surface area contributed by atoms with Crippen LogP contribution in [0.25, 0.3) is 0 Å². The second kappa shape index (κ2) is 39.1. The zero-order chi connectivity index (χ0) is 38.3. The minimum Gasteiger partial charge on any atom is -0.462 e. The number of esters is 3. The van der Waals surface area contributed by atoms with Gasteiger partial charge >= 0.3 is 17.9 Å². The second-order valence-corrected chi connectivity index (χ2v) is 16.4. The van der Waals surface area contributed by atoms with E-state index in [2.05, 4.69) is 34.6 Å². The number of hydrogen-bond acceptors (Lipinski definition) is 6. The number of carbonyl (C=O) groups is 3. The van der Waals surface area contributed by atoms with Crippen molar-refractivity contribution in [2.75, 3.05) is 13.2 Å². The molecule has 0 spiro atoms. The standard InChI is InChI=1S/C46H88O6/c1-6-8-9-10-11-12-13-14-15-22-28-33-38-46(49)52-43(40-51-45(48)37-32-27-23-18-19-24-29-34-41(3)4)39-50-44(47)36-31-26-21-17-16-20-25-30-35-42(5)7-2/h41-43H,6-40H2,1-5H3/t42?,43-/m1/s1. The highest BCUT2D eigenvalue weighted by molar-refractivity contribution is 5.71. The van der Waals surface area contributed by atoms with Gasteiger partial charge in [0.05, 0.1) is 0 Å². The lowest BCUT2D eigenvalue weighted by molar-refractivity contribution is -0.167. The molecule has 0 aromatic rings. The summed E-state index contributed by atoms with van der Waals surface area (Å²) in [5.41, 5.74) is 0. The molecule has 0 fully saturated rings. The maximum absolute atomic E-state index is 12.7. The van der Waals surface area contributed by atoms with E-state index < -0.39 is 6.10 Å². The van der Waals surface area contributed by atoms with Gasteiger partial charge in [0, 0.05) is 19.3 Å². The lowest BCUT2D eigenvalue weighted by Crippen LogP contribution is -2.30. The van der Waals surface area contributed by atoms with Gasteiger partial charge in [-0.1, -0.05) is 208 Å². The molecule has 308 valence electrons. The fourth-order valence-corrected chi connectivity index (χ4v) is 6.72. The first-order valence-corrected chi connectivity index (χ1v) is 22.8. The number of carbonyl (C=O) groups excluding carboxylic acids is 3. The van der Waals surface area contributed by atoms with Crippen LogP contribution < -0.4 is 0 Å². The molecule has 6 nitrogen and oxygen atoms in total. The zero-order valence-electron chi connectivity index (χ0n) is 35.4. The molecule has 1 unspecified atom stereocenters. The molecule has 0 aliphatic heterocycles. The number of unbranched alkanes of at least 4 members (excludes halogenated alkanes) is 24. The lowest BCUT2D eigenvalue weighted by Gasteiger charge is -2.18. The van der Waals surface area contributed by atoms with Crippen LogP contribution in [0.1, 0.15) is 247 Å². The van der Waals surface area contributed by atoms with Gasteiger partial charge in [-0.15, -0.1) is 0 Å². The summed E-state index contributed by atoms with van der Waals surface area (Å²) >= 11 is 0. The third-order valence-corrected chi connectivity index (χ3v) is 10.6. The Morgan fingerprint density at radius 3 is 1.10 bits per heavy atom. The van der Waals surface area contributed by atoms with E-state index in [1.54, 1.807) is 0 Å². The van der Waals surface area contributed by atoms with Crippen molar-refractivity contribution in [2.24, 2.45) is 11.8 Å². The lowest BCUT2D eigenvalue weighted by atomic mass is 9.99. The quantitative estimate of drug-likeness (QED) is 0.0354. The highest BCUT2D eigenvalue weighted by Gasteiger charge is 2.19. The van der Waals surface area contributed by atoms with E-state index in [1.807, 2.05) is 0 Å². The molecule has 0 heterocycles. The van der Waals surface area contributed by atoms with Crippen molar-refractivity contribution in [1.29, 1.82) is 0 Å². The van der Waals surface area contributed by atoms with Crippen molar-refractivity contribution >= 4 is 17.9 Å². The van der Waals surface area contributed by atoms with Crippen molar-refractivity contribution in [3.8, 4) is 0 Å². The predicted octanol–water partition coefficient (Wildman–Crippen LogP) is 14.2. The Morgan fingerprint density at radius 2 is 0.731 bits per heavy atom. The highest BCUT2D eigenvalue weighted by Crippen LogP contribution is 2.17. The normalized spacial score (nSPS) is 12.6. The van der Waals surface area contributed by atoms with E-state index in [4.69, 9.17) is 14.2 Å². The summed E-state index contributed by atoms with van der Waals surface area (Å²) in [4.78, 5) is 37.7. The third-order valence-electron chi connectivity index (χ3n) is 10.6. The van der Waals surface area contributed by atoms with Gasteiger partial charge in [0.2, 0.25) is 0 Å². The van der Waals surface area contributed by atoms with Crippen molar-refractivity contribution in [3.63, 3.8) is 0 Å². The minimum atomic E-state index is -0.760. The molecule has 0 aromatic heterocycles. The molecule has 0 amide bonds. The third kappa shape index (κ3) is 38.1. The molecule has 6 heteroatoms. The summed E-state index contributed by atoms with van der Waals surface area (Å²) in [5, 5.41) is 0. The van der Waals surface area contributed by atoms with E-state index in [0.29, 0.717) is 19.3 Å². The Hall–Kier alpha value is -1.59. The molecule has 0 saturated carbocycles. The molecule has 0 rings (SSSR count). The molecule has 52 heavy (non-hydrogen) atoms. The molecule has 0 radical (unpaired) electrons. The predicted molar refractivity (Wildman–Crippen MR) is 220 cm³/mol. The number of rotatable bonds is 40. The molecule has 2 atom stereocenters. The molecular formula is C46H88O6. The maximum atomic E-state index is 12.7. The maximum Gasteiger partial charge on any atom is 0.306 e. The van der Waals surface area contributed by atoms with Crippen molar-refractivity contribution in [2.45, 2.75) is 253 Å². The van der Waals surface area contributed by atoms with Crippen LogP contribution in [0.15, 0.2) is 0 Å². The average Bonchev–Trinajstić information content (AvgIpc) is 3.12. The molecule has 0 aliphatic rings. The van der Waals surface area contributed by atoms with Gasteiger partial charge in [0.1, 0.15) is 13.2 Å². The Morgan fingerprint density at radius 1 is 0.404 bits per heavy atom. The Balaban J connectivity index is 4.35. The molecule has 0 saturated heterocycles. The summed E-state index contributed by atoms with van der Waals surface area (Å²) < 4.78 is 16.7. The first-order chi connectivity index (χ1) is 25.3. The molecule has 0 aromatic carbocycles. The van der Waals surface area contributed by atoms with Crippen molar-refractivity contribution in [3.05, 3.63) is 0 Å². The largest absolute Gasteiger partial charge is 0.462 e. The van der Waals surface area contributed by atoms with Crippen LogP contribution in [-0.2, 0) is 28.6 Å². The van der Waals surface area contributed by atoms with Gasteiger partial charge in [-0.3, -0.25) is 14.4 Å². The van der Waals surface area contributed by atoms with Crippen LogP contribution in [0.4, 0.5) is 0 Å². The van der Waals surface area contributed by atoms with Gasteiger partial charge in [-0.2, -0.15) is 0 Å². The van der Waals surface area contributed by atoms with Crippen LogP contribution in [0.3, 0.4) is 0 Å². The molecule has 0 bridgehead atoms. The number of ether oxygens (including phenoxy) is 3. The minimum absolute atomic E-state index is 0.0657. The van der Waals surface area contributed by atoms with Gasteiger partial charge < -0.3 is 14.2 Å². The fraction of sp³-hybridized carbons (Fsp3) is 0.935. The monoisotopic (exact) mass is 737 g/mol. The van der Waals surface area contributed by atoms with E-state index in [9.17, 15) is 14.4 Å². The van der Waals surface area contributed by atoms with Crippen molar-refractivity contribution in [1.82, 2.24) is 0 Å². The van der Waals surface area contributed by atoms with E-state index in [-0.39, 0.29) is 31.1 Å². The summed E-state index contributed by atoms with van der Waals surface area (Å²) in [7, 11) is 0. The summed E-state index contributed by atoms with van der Waals surface area (Å²) in [6, 6.07) is 0. The van der Waals surface area contributed by atoms with Crippen molar-refractivity contribution < 1.29 is 28.6 Å². The molecule has 0 N–H and O–H groups in total. The summed E-state index contributed by atoms with van der Waals surface area (Å²) in [6.45, 7) is 11.3. The number of hydrogen-bond donors (Lipinski definition) is 0.